The maximum atomic E-state index is 13.6. The van der Waals surface area contributed by atoms with Crippen LogP contribution in [0.15, 0.2) is 42.6 Å². The van der Waals surface area contributed by atoms with E-state index < -0.39 is 24.1 Å². The number of amides is 1. The Morgan fingerprint density at radius 2 is 1.77 bits per heavy atom. The van der Waals surface area contributed by atoms with Crippen LogP contribution in [-0.2, 0) is 18.5 Å². The highest BCUT2D eigenvalue weighted by Gasteiger charge is 2.21. The Hall–Kier alpha value is -3.16. The van der Waals surface area contributed by atoms with Gasteiger partial charge in [-0.15, -0.1) is 0 Å². The monoisotopic (exact) mass is 363 g/mol. The molecule has 0 unspecified atom stereocenters. The Labute approximate surface area is 146 Å². The highest BCUT2D eigenvalue weighted by molar-refractivity contribution is 5.94. The summed E-state index contributed by atoms with van der Waals surface area (Å²) in [7, 11) is 1.57. The van der Waals surface area contributed by atoms with Crippen LogP contribution in [0.25, 0.3) is 11.1 Å². The molecule has 3 aromatic rings. The minimum absolute atomic E-state index is 0.0332. The molecule has 0 aliphatic heterocycles. The number of benzene rings is 2. The summed E-state index contributed by atoms with van der Waals surface area (Å²) in [6.07, 6.45) is 1.90. The zero-order valence-corrected chi connectivity index (χ0v) is 13.6. The lowest BCUT2D eigenvalue weighted by Crippen LogP contribution is -2.16. The fourth-order valence-corrected chi connectivity index (χ4v) is 2.70. The number of hydrogen-bond acceptors (Lipinski definition) is 2. The van der Waals surface area contributed by atoms with E-state index in [0.717, 1.165) is 17.0 Å². The Balaban J connectivity index is 2.19. The van der Waals surface area contributed by atoms with E-state index in [1.807, 2.05) is 0 Å². The molecule has 3 rings (SSSR count). The highest BCUT2D eigenvalue weighted by Crippen LogP contribution is 2.36. The first kappa shape index (κ1) is 17.7. The first-order valence-corrected chi connectivity index (χ1v) is 7.53. The van der Waals surface area contributed by atoms with E-state index in [-0.39, 0.29) is 28.2 Å². The SMILES string of the molecule is Cn1cc(N(C=O)c2ccccc2-c2cc(F)c(F)c(F)c2)c(CF)n1. The van der Waals surface area contributed by atoms with Crippen molar-refractivity contribution in [3.63, 3.8) is 0 Å². The van der Waals surface area contributed by atoms with Gasteiger partial charge in [0.05, 0.1) is 11.4 Å². The molecule has 0 aliphatic carbocycles. The number of carbonyl (C=O) groups excluding carboxylic acids is 1. The number of hydrogen-bond donors (Lipinski definition) is 0. The number of rotatable bonds is 5. The Kier molecular flexibility index (Phi) is 4.75. The zero-order chi connectivity index (χ0) is 18.8. The van der Waals surface area contributed by atoms with Crippen LogP contribution in [0.5, 0.6) is 0 Å². The summed E-state index contributed by atoms with van der Waals surface area (Å²) in [6, 6.07) is 7.91. The Bertz CT molecular complexity index is 948. The number of alkyl halides is 1. The van der Waals surface area contributed by atoms with Gasteiger partial charge in [0.25, 0.3) is 0 Å². The summed E-state index contributed by atoms with van der Waals surface area (Å²) < 4.78 is 55.1. The molecule has 0 aliphatic rings. The molecular formula is C18H13F4N3O. The lowest BCUT2D eigenvalue weighted by atomic mass is 10.0. The molecular weight excluding hydrogens is 350 g/mol. The largest absolute Gasteiger partial charge is 0.279 e. The van der Waals surface area contributed by atoms with E-state index in [0.29, 0.717) is 6.41 Å². The summed E-state index contributed by atoms with van der Waals surface area (Å²) in [4.78, 5) is 12.8. The molecule has 0 spiro atoms. The van der Waals surface area contributed by atoms with Crippen LogP contribution in [-0.4, -0.2) is 16.2 Å². The zero-order valence-electron chi connectivity index (χ0n) is 13.6. The van der Waals surface area contributed by atoms with Crippen LogP contribution < -0.4 is 4.90 Å². The van der Waals surface area contributed by atoms with Crippen molar-refractivity contribution in [1.29, 1.82) is 0 Å². The standard InChI is InChI=1S/C18H13F4N3O/c1-24-9-17(15(8-19)23-24)25(10-26)16-5-3-2-4-12(16)11-6-13(20)18(22)14(21)7-11/h2-7,9-10H,8H2,1H3. The van der Waals surface area contributed by atoms with Crippen LogP contribution in [0, 0.1) is 17.5 Å². The normalized spacial score (nSPS) is 10.8. The van der Waals surface area contributed by atoms with Crippen LogP contribution in [0.2, 0.25) is 0 Å². The van der Waals surface area contributed by atoms with E-state index in [2.05, 4.69) is 5.10 Å². The molecule has 1 aromatic heterocycles. The number of aryl methyl sites for hydroxylation is 1. The summed E-state index contributed by atoms with van der Waals surface area (Å²) in [5.41, 5.74) is 0.780. The minimum Gasteiger partial charge on any atom is -0.279 e. The van der Waals surface area contributed by atoms with E-state index in [1.165, 1.54) is 23.0 Å². The lowest BCUT2D eigenvalue weighted by molar-refractivity contribution is -0.106. The second-order valence-electron chi connectivity index (χ2n) is 5.51. The summed E-state index contributed by atoms with van der Waals surface area (Å²) in [5, 5.41) is 3.94. The van der Waals surface area contributed by atoms with E-state index in [9.17, 15) is 22.4 Å². The fraction of sp³-hybridized carbons (Fsp3) is 0.111. The van der Waals surface area contributed by atoms with Gasteiger partial charge in [-0.3, -0.25) is 14.4 Å². The number of carbonyl (C=O) groups is 1. The predicted molar refractivity (Wildman–Crippen MR) is 88.0 cm³/mol. The van der Waals surface area contributed by atoms with Crippen LogP contribution in [0.4, 0.5) is 28.9 Å². The molecule has 4 nitrogen and oxygen atoms in total. The molecule has 0 atom stereocenters. The van der Waals surface area contributed by atoms with Gasteiger partial charge in [0, 0.05) is 18.8 Å². The van der Waals surface area contributed by atoms with Crippen LogP contribution in [0.1, 0.15) is 5.69 Å². The first-order valence-electron chi connectivity index (χ1n) is 7.53. The number of aromatic nitrogens is 2. The van der Waals surface area contributed by atoms with Gasteiger partial charge in [0.1, 0.15) is 12.4 Å². The molecule has 1 amide bonds. The number of anilines is 2. The van der Waals surface area contributed by atoms with Gasteiger partial charge in [0.2, 0.25) is 6.41 Å². The van der Waals surface area contributed by atoms with Gasteiger partial charge in [-0.05, 0) is 23.8 Å². The van der Waals surface area contributed by atoms with Crippen molar-refractivity contribution in [2.45, 2.75) is 6.67 Å². The van der Waals surface area contributed by atoms with Gasteiger partial charge in [-0.1, -0.05) is 18.2 Å². The van der Waals surface area contributed by atoms with Crippen molar-refractivity contribution in [3.8, 4) is 11.1 Å². The van der Waals surface area contributed by atoms with Crippen LogP contribution in [0.3, 0.4) is 0 Å². The molecule has 8 heteroatoms. The second-order valence-corrected chi connectivity index (χ2v) is 5.51. The maximum Gasteiger partial charge on any atom is 0.218 e. The van der Waals surface area contributed by atoms with Gasteiger partial charge < -0.3 is 0 Å². The maximum absolute atomic E-state index is 13.6. The van der Waals surface area contributed by atoms with E-state index >= 15 is 0 Å². The van der Waals surface area contributed by atoms with Crippen molar-refractivity contribution >= 4 is 17.8 Å². The van der Waals surface area contributed by atoms with Crippen molar-refractivity contribution in [3.05, 3.63) is 65.7 Å². The molecule has 0 saturated carbocycles. The summed E-state index contributed by atoms with van der Waals surface area (Å²) in [6.45, 7) is -0.900. The first-order chi connectivity index (χ1) is 12.5. The minimum atomic E-state index is -1.58. The van der Waals surface area contributed by atoms with E-state index in [4.69, 9.17) is 0 Å². The topological polar surface area (TPSA) is 38.1 Å². The van der Waals surface area contributed by atoms with E-state index in [1.54, 1.807) is 19.2 Å². The quantitative estimate of drug-likeness (QED) is 0.386. The number of nitrogens with zero attached hydrogens (tertiary/aromatic N) is 3. The van der Waals surface area contributed by atoms with Crippen molar-refractivity contribution in [1.82, 2.24) is 9.78 Å². The Morgan fingerprint density at radius 1 is 1.12 bits per heavy atom. The molecule has 0 N–H and O–H groups in total. The third-order valence-electron chi connectivity index (χ3n) is 3.83. The molecule has 0 saturated heterocycles. The molecule has 2 aromatic carbocycles. The Morgan fingerprint density at radius 3 is 2.38 bits per heavy atom. The second kappa shape index (κ2) is 6.99. The van der Waals surface area contributed by atoms with Crippen molar-refractivity contribution < 1.29 is 22.4 Å². The molecule has 0 fully saturated rings. The molecule has 0 bridgehead atoms. The third-order valence-corrected chi connectivity index (χ3v) is 3.83. The summed E-state index contributed by atoms with van der Waals surface area (Å²) in [5.74, 6) is -4.28. The van der Waals surface area contributed by atoms with Gasteiger partial charge in [0.15, 0.2) is 17.5 Å². The molecule has 134 valence electrons. The molecule has 26 heavy (non-hydrogen) atoms. The number of halogens is 4. The van der Waals surface area contributed by atoms with Gasteiger partial charge in [-0.2, -0.15) is 5.10 Å². The smallest absolute Gasteiger partial charge is 0.218 e. The van der Waals surface area contributed by atoms with Crippen LogP contribution >= 0.6 is 0 Å². The lowest BCUT2D eigenvalue weighted by Gasteiger charge is -2.20. The summed E-state index contributed by atoms with van der Waals surface area (Å²) >= 11 is 0. The van der Waals surface area contributed by atoms with Gasteiger partial charge in [-0.25, -0.2) is 17.6 Å². The average molecular weight is 363 g/mol. The van der Waals surface area contributed by atoms with Gasteiger partial charge >= 0.3 is 0 Å². The third kappa shape index (κ3) is 3.05. The fourth-order valence-electron chi connectivity index (χ4n) is 2.70. The highest BCUT2D eigenvalue weighted by atomic mass is 19.2. The average Bonchev–Trinajstić information content (AvgIpc) is 3.01. The predicted octanol–water partition coefficient (Wildman–Crippen LogP) is 4.27. The van der Waals surface area contributed by atoms with Crippen molar-refractivity contribution in [2.75, 3.05) is 4.90 Å². The molecule has 0 radical (unpaired) electrons. The number of para-hydroxylation sites is 1. The van der Waals surface area contributed by atoms with Crippen molar-refractivity contribution in [2.24, 2.45) is 7.05 Å². The molecule has 1 heterocycles.